The number of rotatable bonds is 4. The number of nitrogens with zero attached hydrogens (tertiary/aromatic N) is 1. The summed E-state index contributed by atoms with van der Waals surface area (Å²) in [4.78, 5) is 27.9. The number of ketones is 1. The van der Waals surface area contributed by atoms with E-state index < -0.39 is 17.7 Å². The zero-order chi connectivity index (χ0) is 19.0. The zero-order valence-electron chi connectivity index (χ0n) is 14.0. The van der Waals surface area contributed by atoms with Gasteiger partial charge in [-0.25, -0.2) is 0 Å². The predicted octanol–water partition coefficient (Wildman–Crippen LogP) is 4.73. The highest BCUT2D eigenvalue weighted by Crippen LogP contribution is 2.41. The molecule has 1 unspecified atom stereocenters. The maximum atomic E-state index is 12.8. The molecule has 0 radical (unpaired) electrons. The molecule has 3 aromatic rings. The van der Waals surface area contributed by atoms with Crippen molar-refractivity contribution >= 4 is 44.7 Å². The van der Waals surface area contributed by atoms with Crippen LogP contribution in [-0.4, -0.2) is 21.7 Å². The van der Waals surface area contributed by atoms with Crippen molar-refractivity contribution < 1.29 is 19.1 Å². The summed E-state index contributed by atoms with van der Waals surface area (Å²) in [6.45, 7) is 0.261. The molecule has 3 heterocycles. The van der Waals surface area contributed by atoms with Gasteiger partial charge < -0.3 is 14.4 Å². The van der Waals surface area contributed by atoms with Crippen molar-refractivity contribution in [2.75, 3.05) is 0 Å². The Bertz CT molecular complexity index is 1020. The molecule has 1 N–H and O–H groups in total. The second kappa shape index (κ2) is 7.17. The maximum absolute atomic E-state index is 12.8. The molecule has 1 fully saturated rings. The Morgan fingerprint density at radius 1 is 1.11 bits per heavy atom. The van der Waals surface area contributed by atoms with Crippen molar-refractivity contribution in [2.45, 2.75) is 12.6 Å². The lowest BCUT2D eigenvalue weighted by Crippen LogP contribution is -2.28. The van der Waals surface area contributed by atoms with Crippen molar-refractivity contribution in [1.82, 2.24) is 4.90 Å². The Hall–Kier alpha value is -2.64. The minimum atomic E-state index is -0.793. The summed E-state index contributed by atoms with van der Waals surface area (Å²) in [7, 11) is 0. The maximum Gasteiger partial charge on any atom is 0.296 e. The zero-order valence-corrected chi connectivity index (χ0v) is 16.4. The molecule has 2 aromatic heterocycles. The lowest BCUT2D eigenvalue weighted by Gasteiger charge is -2.22. The first-order valence-corrected chi connectivity index (χ1v) is 9.85. The summed E-state index contributed by atoms with van der Waals surface area (Å²) in [6.07, 6.45) is 0. The third kappa shape index (κ3) is 3.24. The number of Topliss-reactive ketones (excluding diaryl/α,β-unsaturated/α-hetero) is 1. The number of carbonyl (C=O) groups excluding carboxylic acids is 2. The molecule has 0 aliphatic carbocycles. The molecule has 4 rings (SSSR count). The number of aliphatic hydroxyl groups excluding tert-OH is 1. The molecular formula is C20H14BrNO4S. The average Bonchev–Trinajstić information content (AvgIpc) is 3.39. The van der Waals surface area contributed by atoms with Crippen molar-refractivity contribution in [3.05, 3.63) is 86.4 Å². The normalized spacial score (nSPS) is 19.0. The van der Waals surface area contributed by atoms with E-state index in [0.717, 1.165) is 4.88 Å². The van der Waals surface area contributed by atoms with Crippen molar-refractivity contribution in [2.24, 2.45) is 0 Å². The fourth-order valence-electron chi connectivity index (χ4n) is 3.14. The number of carbonyl (C=O) groups is 2. The Balaban J connectivity index is 1.86. The van der Waals surface area contributed by atoms with E-state index in [4.69, 9.17) is 4.42 Å². The molecule has 1 amide bonds. The highest BCUT2D eigenvalue weighted by molar-refractivity contribution is 9.10. The van der Waals surface area contributed by atoms with Crippen molar-refractivity contribution in [3.63, 3.8) is 0 Å². The molecule has 1 aliphatic rings. The molecule has 0 spiro atoms. The van der Waals surface area contributed by atoms with Gasteiger partial charge in [-0.15, -0.1) is 11.3 Å². The first kappa shape index (κ1) is 17.8. The van der Waals surface area contributed by atoms with E-state index in [9.17, 15) is 14.7 Å². The van der Waals surface area contributed by atoms with Crippen LogP contribution in [0.25, 0.3) is 5.76 Å². The molecule has 0 bridgehead atoms. The van der Waals surface area contributed by atoms with E-state index in [-0.39, 0.29) is 17.9 Å². The Morgan fingerprint density at radius 2 is 1.89 bits per heavy atom. The molecule has 136 valence electrons. The molecule has 27 heavy (non-hydrogen) atoms. The van der Waals surface area contributed by atoms with E-state index in [0.29, 0.717) is 16.0 Å². The third-order valence-corrected chi connectivity index (χ3v) is 5.64. The van der Waals surface area contributed by atoms with Crippen LogP contribution in [-0.2, 0) is 16.1 Å². The highest BCUT2D eigenvalue weighted by Gasteiger charge is 2.47. The van der Waals surface area contributed by atoms with Crippen LogP contribution >= 0.6 is 27.3 Å². The molecular weight excluding hydrogens is 430 g/mol. The van der Waals surface area contributed by atoms with Crippen LogP contribution < -0.4 is 0 Å². The summed E-state index contributed by atoms with van der Waals surface area (Å²) >= 11 is 4.76. The first-order chi connectivity index (χ1) is 13.1. The fourth-order valence-corrected chi connectivity index (χ4v) is 4.16. The van der Waals surface area contributed by atoms with Gasteiger partial charge in [0.2, 0.25) is 0 Å². The Labute approximate surface area is 167 Å². The molecule has 1 saturated heterocycles. The van der Waals surface area contributed by atoms with Crippen LogP contribution in [0.5, 0.6) is 0 Å². The molecule has 0 saturated carbocycles. The molecule has 7 heteroatoms. The number of benzene rings is 1. The number of halogens is 1. The second-order valence-corrected chi connectivity index (χ2v) is 7.83. The van der Waals surface area contributed by atoms with Gasteiger partial charge in [0.1, 0.15) is 17.6 Å². The van der Waals surface area contributed by atoms with Crippen LogP contribution in [0.3, 0.4) is 0 Å². The smallest absolute Gasteiger partial charge is 0.296 e. The van der Waals surface area contributed by atoms with Gasteiger partial charge in [0.25, 0.3) is 11.7 Å². The molecule has 1 atom stereocenters. The van der Waals surface area contributed by atoms with E-state index in [1.807, 2.05) is 23.6 Å². The number of thiophene rings is 1. The number of hydrogen-bond donors (Lipinski definition) is 1. The lowest BCUT2D eigenvalue weighted by molar-refractivity contribution is -0.140. The quantitative estimate of drug-likeness (QED) is 0.359. The molecule has 1 aliphatic heterocycles. The summed E-state index contributed by atoms with van der Waals surface area (Å²) in [5, 5.41) is 12.7. The number of furan rings is 1. The van der Waals surface area contributed by atoms with Crippen LogP contribution in [0, 0.1) is 0 Å². The van der Waals surface area contributed by atoms with Crippen molar-refractivity contribution in [1.29, 1.82) is 0 Å². The van der Waals surface area contributed by atoms with Crippen molar-refractivity contribution in [3.8, 4) is 0 Å². The van der Waals surface area contributed by atoms with E-state index in [2.05, 4.69) is 15.9 Å². The van der Waals surface area contributed by atoms with Gasteiger partial charge in [-0.3, -0.25) is 9.59 Å². The van der Waals surface area contributed by atoms with E-state index >= 15 is 0 Å². The topological polar surface area (TPSA) is 70.8 Å². The van der Waals surface area contributed by atoms with Gasteiger partial charge in [0, 0.05) is 10.4 Å². The second-order valence-electron chi connectivity index (χ2n) is 6.01. The fraction of sp³-hybridized carbons (Fsp3) is 0.100. The van der Waals surface area contributed by atoms with Gasteiger partial charge in [-0.05, 0) is 39.5 Å². The monoisotopic (exact) mass is 443 g/mol. The minimum absolute atomic E-state index is 0.0320. The van der Waals surface area contributed by atoms with Gasteiger partial charge in [0.05, 0.1) is 12.1 Å². The number of hydrogen-bond acceptors (Lipinski definition) is 5. The average molecular weight is 444 g/mol. The molecule has 1 aromatic carbocycles. The molecule has 5 nitrogen and oxygen atoms in total. The Morgan fingerprint density at radius 3 is 2.52 bits per heavy atom. The van der Waals surface area contributed by atoms with Crippen LogP contribution in [0.1, 0.15) is 22.2 Å². The van der Waals surface area contributed by atoms with Crippen LogP contribution in [0.15, 0.2) is 74.6 Å². The standard InChI is InChI=1S/C20H14BrNO4S/c21-15-9-8-14(26-15)17-16(18(23)12-5-2-1-3-6-12)19(24)20(25)22(17)11-13-7-4-10-27-13/h1-10,17,23H,11H2/b18-16+. The summed E-state index contributed by atoms with van der Waals surface area (Å²) in [6, 6.07) is 15.1. The highest BCUT2D eigenvalue weighted by atomic mass is 79.9. The summed E-state index contributed by atoms with van der Waals surface area (Å²) < 4.78 is 6.14. The predicted molar refractivity (Wildman–Crippen MR) is 105 cm³/mol. The number of amides is 1. The van der Waals surface area contributed by atoms with E-state index in [1.165, 1.54) is 16.2 Å². The Kier molecular flexibility index (Phi) is 4.72. The van der Waals surface area contributed by atoms with Gasteiger partial charge in [0.15, 0.2) is 4.67 Å². The first-order valence-electron chi connectivity index (χ1n) is 8.17. The summed E-state index contributed by atoms with van der Waals surface area (Å²) in [5.41, 5.74) is 0.506. The third-order valence-electron chi connectivity index (χ3n) is 4.36. The van der Waals surface area contributed by atoms with Gasteiger partial charge in [-0.1, -0.05) is 36.4 Å². The lowest BCUT2D eigenvalue weighted by atomic mass is 9.99. The number of likely N-dealkylation sites (tertiary alicyclic amines) is 1. The van der Waals surface area contributed by atoms with Crippen LogP contribution in [0.2, 0.25) is 0 Å². The minimum Gasteiger partial charge on any atom is -0.507 e. The van der Waals surface area contributed by atoms with Gasteiger partial charge >= 0.3 is 0 Å². The van der Waals surface area contributed by atoms with E-state index in [1.54, 1.807) is 36.4 Å². The largest absolute Gasteiger partial charge is 0.507 e. The summed E-state index contributed by atoms with van der Waals surface area (Å²) in [5.74, 6) is -1.17. The van der Waals surface area contributed by atoms with Crippen LogP contribution in [0.4, 0.5) is 0 Å². The SMILES string of the molecule is O=C1C(=O)N(Cc2cccs2)C(c2ccc(Br)o2)/C1=C(\O)c1ccccc1. The van der Waals surface area contributed by atoms with Gasteiger partial charge in [-0.2, -0.15) is 0 Å². The number of aliphatic hydroxyl groups is 1.